The lowest BCUT2D eigenvalue weighted by atomic mass is 9.97. The number of amides is 1. The van der Waals surface area contributed by atoms with Gasteiger partial charge in [0.25, 0.3) is 0 Å². The molecular weight excluding hydrogens is 278 g/mol. The Hall–Kier alpha value is -1.22. The Kier molecular flexibility index (Phi) is 6.87. The number of hydrogen-bond donors (Lipinski definition) is 1. The van der Waals surface area contributed by atoms with E-state index in [2.05, 4.69) is 23.5 Å². The van der Waals surface area contributed by atoms with Crippen LogP contribution in [0.2, 0.25) is 0 Å². The van der Waals surface area contributed by atoms with Crippen molar-refractivity contribution in [3.05, 3.63) is 47.5 Å². The summed E-state index contributed by atoms with van der Waals surface area (Å²) < 4.78 is 0. The average molecular weight is 303 g/mol. The van der Waals surface area contributed by atoms with Crippen LogP contribution in [0, 0.1) is 0 Å². The van der Waals surface area contributed by atoms with E-state index in [1.54, 1.807) is 11.8 Å². The van der Waals surface area contributed by atoms with E-state index in [1.165, 1.54) is 36.8 Å². The smallest absolute Gasteiger partial charge is 0.232 e. The van der Waals surface area contributed by atoms with Crippen LogP contribution in [0.4, 0.5) is 0 Å². The summed E-state index contributed by atoms with van der Waals surface area (Å²) in [5.74, 6) is 1.05. The molecule has 0 unspecified atom stereocenters. The van der Waals surface area contributed by atoms with Gasteiger partial charge in [0.1, 0.15) is 0 Å². The molecule has 0 heterocycles. The topological polar surface area (TPSA) is 29.1 Å². The molecule has 2 nitrogen and oxygen atoms in total. The third-order valence-electron chi connectivity index (χ3n) is 3.84. The number of rotatable bonds is 7. The molecule has 0 aliphatic heterocycles. The second-order valence-corrected chi connectivity index (χ2v) is 6.92. The molecule has 1 amide bonds. The van der Waals surface area contributed by atoms with Crippen LogP contribution >= 0.6 is 11.8 Å². The van der Waals surface area contributed by atoms with Crippen LogP contribution in [-0.4, -0.2) is 17.7 Å². The molecular formula is C18H25NOS. The van der Waals surface area contributed by atoms with Crippen molar-refractivity contribution in [2.45, 2.75) is 50.0 Å². The molecule has 2 rings (SSSR count). The zero-order chi connectivity index (χ0) is 14.9. The van der Waals surface area contributed by atoms with Crippen molar-refractivity contribution in [3.8, 4) is 0 Å². The minimum Gasteiger partial charge on any atom is -0.355 e. The second kappa shape index (κ2) is 8.93. The van der Waals surface area contributed by atoms with Crippen molar-refractivity contribution < 1.29 is 4.79 Å². The highest BCUT2D eigenvalue weighted by Crippen LogP contribution is 2.20. The van der Waals surface area contributed by atoms with Gasteiger partial charge < -0.3 is 5.32 Å². The molecule has 0 fully saturated rings. The molecule has 21 heavy (non-hydrogen) atoms. The summed E-state index contributed by atoms with van der Waals surface area (Å²) in [5, 5.41) is 3.07. The molecule has 1 aromatic carbocycles. The van der Waals surface area contributed by atoms with Crippen LogP contribution < -0.4 is 5.32 Å². The minimum atomic E-state index is 0.00513. The molecule has 0 spiro atoms. The number of allylic oxidation sites excluding steroid dienone is 1. The van der Waals surface area contributed by atoms with E-state index >= 15 is 0 Å². The first kappa shape index (κ1) is 16.2. The van der Waals surface area contributed by atoms with Gasteiger partial charge in [-0.25, -0.2) is 0 Å². The van der Waals surface area contributed by atoms with Gasteiger partial charge >= 0.3 is 0 Å². The van der Waals surface area contributed by atoms with Crippen molar-refractivity contribution in [1.29, 1.82) is 0 Å². The van der Waals surface area contributed by atoms with Crippen molar-refractivity contribution in [1.82, 2.24) is 5.32 Å². The van der Waals surface area contributed by atoms with Crippen molar-refractivity contribution in [2.75, 3.05) is 6.54 Å². The lowest BCUT2D eigenvalue weighted by Gasteiger charge is -2.15. The normalized spacial score (nSPS) is 16.1. The van der Waals surface area contributed by atoms with E-state index in [4.69, 9.17) is 0 Å². The fraction of sp³-hybridized carbons (Fsp3) is 0.500. The maximum atomic E-state index is 12.1. The Labute approximate surface area is 132 Å². The Morgan fingerprint density at radius 2 is 2.10 bits per heavy atom. The highest BCUT2D eigenvalue weighted by Gasteiger charge is 2.13. The zero-order valence-corrected chi connectivity index (χ0v) is 13.6. The highest BCUT2D eigenvalue weighted by molar-refractivity contribution is 7.99. The molecule has 1 aliphatic carbocycles. The molecule has 0 radical (unpaired) electrons. The monoisotopic (exact) mass is 303 g/mol. The molecule has 0 bridgehead atoms. The van der Waals surface area contributed by atoms with Gasteiger partial charge in [0.15, 0.2) is 0 Å². The van der Waals surface area contributed by atoms with E-state index in [1.807, 2.05) is 25.1 Å². The summed E-state index contributed by atoms with van der Waals surface area (Å²) >= 11 is 1.70. The maximum Gasteiger partial charge on any atom is 0.232 e. The quantitative estimate of drug-likeness (QED) is 0.760. The highest BCUT2D eigenvalue weighted by atomic mass is 32.2. The lowest BCUT2D eigenvalue weighted by Crippen LogP contribution is -2.32. The summed E-state index contributed by atoms with van der Waals surface area (Å²) in [6, 6.07) is 10.3. The first-order valence-corrected chi connectivity index (χ1v) is 8.92. The lowest BCUT2D eigenvalue weighted by molar-refractivity contribution is -0.120. The summed E-state index contributed by atoms with van der Waals surface area (Å²) in [6.07, 6.45) is 8.43. The van der Waals surface area contributed by atoms with E-state index in [9.17, 15) is 4.79 Å². The van der Waals surface area contributed by atoms with Gasteiger partial charge in [0.05, 0.1) is 5.25 Å². The van der Waals surface area contributed by atoms with Gasteiger partial charge in [-0.15, -0.1) is 11.8 Å². The molecule has 0 saturated carbocycles. The van der Waals surface area contributed by atoms with Crippen LogP contribution in [0.1, 0.15) is 44.6 Å². The second-order valence-electron chi connectivity index (χ2n) is 5.59. The fourth-order valence-corrected chi connectivity index (χ4v) is 3.36. The van der Waals surface area contributed by atoms with Crippen molar-refractivity contribution in [2.24, 2.45) is 0 Å². The number of thioether (sulfide) groups is 1. The summed E-state index contributed by atoms with van der Waals surface area (Å²) in [5.41, 5.74) is 2.79. The molecule has 114 valence electrons. The molecule has 1 aromatic rings. The molecule has 0 aromatic heterocycles. The van der Waals surface area contributed by atoms with E-state index in [0.717, 1.165) is 18.7 Å². The summed E-state index contributed by atoms with van der Waals surface area (Å²) in [6.45, 7) is 2.77. The van der Waals surface area contributed by atoms with Gasteiger partial charge in [-0.05, 0) is 44.6 Å². The van der Waals surface area contributed by atoms with Gasteiger partial charge in [-0.3, -0.25) is 4.79 Å². The number of benzene rings is 1. The average Bonchev–Trinajstić information content (AvgIpc) is 2.54. The summed E-state index contributed by atoms with van der Waals surface area (Å²) in [7, 11) is 0. The predicted molar refractivity (Wildman–Crippen MR) is 91.4 cm³/mol. The van der Waals surface area contributed by atoms with Crippen LogP contribution in [-0.2, 0) is 10.5 Å². The van der Waals surface area contributed by atoms with E-state index in [-0.39, 0.29) is 11.2 Å². The van der Waals surface area contributed by atoms with Crippen LogP contribution in [0.5, 0.6) is 0 Å². The number of hydrogen-bond acceptors (Lipinski definition) is 2. The fourth-order valence-electron chi connectivity index (χ4n) is 2.49. The van der Waals surface area contributed by atoms with Crippen molar-refractivity contribution >= 4 is 17.7 Å². The minimum absolute atomic E-state index is 0.00513. The number of nitrogens with one attached hydrogen (secondary N) is 1. The largest absolute Gasteiger partial charge is 0.355 e. The van der Waals surface area contributed by atoms with E-state index < -0.39 is 0 Å². The standard InChI is InChI=1S/C18H25NOS/c1-15(21-14-17-10-6-3-7-11-17)18(20)19-13-12-16-8-4-2-5-9-16/h3,6-8,10-11,15H,2,4-5,9,12-14H2,1H3,(H,19,20)/t15-/m0/s1. The van der Waals surface area contributed by atoms with Crippen LogP contribution in [0.3, 0.4) is 0 Å². The Bertz CT molecular complexity index is 469. The molecule has 1 N–H and O–H groups in total. The molecule has 1 atom stereocenters. The molecule has 1 aliphatic rings. The molecule has 0 saturated heterocycles. The van der Waals surface area contributed by atoms with Gasteiger partial charge in [0, 0.05) is 12.3 Å². The van der Waals surface area contributed by atoms with Crippen molar-refractivity contribution in [3.63, 3.8) is 0 Å². The number of carbonyl (C=O) groups excluding carboxylic acids is 1. The first-order chi connectivity index (χ1) is 10.3. The Morgan fingerprint density at radius 1 is 1.29 bits per heavy atom. The number of carbonyl (C=O) groups is 1. The predicted octanol–water partition coefficient (Wildman–Crippen LogP) is 4.32. The Morgan fingerprint density at radius 3 is 2.81 bits per heavy atom. The maximum absolute atomic E-state index is 12.1. The Balaban J connectivity index is 1.64. The third-order valence-corrected chi connectivity index (χ3v) is 5.06. The van der Waals surface area contributed by atoms with Crippen LogP contribution in [0.15, 0.2) is 42.0 Å². The first-order valence-electron chi connectivity index (χ1n) is 7.87. The van der Waals surface area contributed by atoms with Gasteiger partial charge in [-0.1, -0.05) is 42.0 Å². The molecule has 3 heteroatoms. The van der Waals surface area contributed by atoms with Gasteiger partial charge in [0.2, 0.25) is 5.91 Å². The third kappa shape index (κ3) is 5.96. The zero-order valence-electron chi connectivity index (χ0n) is 12.8. The SMILES string of the molecule is C[C@H](SCc1ccccc1)C(=O)NCCC1=CCCCC1. The summed E-state index contributed by atoms with van der Waals surface area (Å²) in [4.78, 5) is 12.1. The van der Waals surface area contributed by atoms with Crippen LogP contribution in [0.25, 0.3) is 0 Å². The van der Waals surface area contributed by atoms with Gasteiger partial charge in [-0.2, -0.15) is 0 Å². The van der Waals surface area contributed by atoms with E-state index in [0.29, 0.717) is 0 Å².